The van der Waals surface area contributed by atoms with Crippen molar-refractivity contribution in [3.63, 3.8) is 0 Å². The molecule has 1 aromatic rings. The van der Waals surface area contributed by atoms with Crippen molar-refractivity contribution in [3.8, 4) is 0 Å². The van der Waals surface area contributed by atoms with Gasteiger partial charge in [0.15, 0.2) is 0 Å². The molecule has 0 radical (unpaired) electrons. The molecular formula is C12H16N4. The van der Waals surface area contributed by atoms with Gasteiger partial charge in [-0.25, -0.2) is 4.98 Å². The molecule has 4 rings (SSSR count). The normalized spacial score (nSPS) is 32.4. The lowest BCUT2D eigenvalue weighted by Gasteiger charge is -2.42. The van der Waals surface area contributed by atoms with Crippen LogP contribution in [0.4, 0.5) is 0 Å². The number of nitrogens with zero attached hydrogens (tertiary/aromatic N) is 3. The smallest absolute Gasteiger partial charge is 0.340 e. The molecule has 0 amide bonds. The van der Waals surface area contributed by atoms with E-state index in [9.17, 15) is 5.53 Å². The number of nitrogens with one attached hydrogen (secondary N) is 1. The molecule has 84 valence electrons. The SMILES string of the molecule is [N-]=[N+]=C(c1ncc[nH]1)C12CCC(CC1)CC2. The molecule has 4 heteroatoms. The maximum absolute atomic E-state index is 9.29. The van der Waals surface area contributed by atoms with Gasteiger partial charge in [-0.2, -0.15) is 4.79 Å². The lowest BCUT2D eigenvalue weighted by molar-refractivity contribution is -0.0331. The summed E-state index contributed by atoms with van der Waals surface area (Å²) in [6, 6.07) is 0. The molecule has 3 aliphatic carbocycles. The number of H-pyrrole nitrogens is 1. The number of hydrogen-bond donors (Lipinski definition) is 1. The zero-order valence-corrected chi connectivity index (χ0v) is 9.32. The minimum atomic E-state index is 0.0847. The molecule has 1 heterocycles. The average Bonchev–Trinajstić information content (AvgIpc) is 2.86. The Morgan fingerprint density at radius 1 is 1.38 bits per heavy atom. The van der Waals surface area contributed by atoms with Gasteiger partial charge in [0.25, 0.3) is 0 Å². The Balaban J connectivity index is 1.98. The average molecular weight is 216 g/mol. The molecule has 16 heavy (non-hydrogen) atoms. The molecule has 0 saturated heterocycles. The van der Waals surface area contributed by atoms with E-state index in [4.69, 9.17) is 0 Å². The molecule has 3 aliphatic rings. The van der Waals surface area contributed by atoms with E-state index in [1.807, 2.05) is 0 Å². The largest absolute Gasteiger partial charge is 0.361 e. The number of hydrogen-bond acceptors (Lipinski definition) is 1. The van der Waals surface area contributed by atoms with Crippen molar-refractivity contribution in [2.45, 2.75) is 38.5 Å². The second-order valence-electron chi connectivity index (χ2n) is 5.15. The van der Waals surface area contributed by atoms with Crippen molar-refractivity contribution in [3.05, 3.63) is 23.7 Å². The van der Waals surface area contributed by atoms with Crippen LogP contribution in [0.25, 0.3) is 5.53 Å². The molecule has 3 saturated carbocycles. The highest BCUT2D eigenvalue weighted by molar-refractivity contribution is 5.97. The Morgan fingerprint density at radius 3 is 2.56 bits per heavy atom. The van der Waals surface area contributed by atoms with E-state index >= 15 is 0 Å². The molecule has 4 nitrogen and oxygen atoms in total. The summed E-state index contributed by atoms with van der Waals surface area (Å²) in [5.41, 5.74) is 10.2. The van der Waals surface area contributed by atoms with Gasteiger partial charge in [0.2, 0.25) is 5.82 Å². The Labute approximate surface area is 94.7 Å². The number of aromatic amines is 1. The van der Waals surface area contributed by atoms with Gasteiger partial charge in [-0.1, -0.05) is 0 Å². The van der Waals surface area contributed by atoms with Crippen molar-refractivity contribution in [2.24, 2.45) is 11.3 Å². The Hall–Kier alpha value is -1.41. The number of fused-ring (bicyclic) bond motifs is 3. The van der Waals surface area contributed by atoms with Gasteiger partial charge in [0.05, 0.1) is 5.41 Å². The highest BCUT2D eigenvalue weighted by atomic mass is 15.0. The van der Waals surface area contributed by atoms with Crippen molar-refractivity contribution < 1.29 is 4.79 Å². The Morgan fingerprint density at radius 2 is 2.06 bits per heavy atom. The van der Waals surface area contributed by atoms with Gasteiger partial charge in [-0.05, 0) is 44.4 Å². The Bertz CT molecular complexity index is 406. The fourth-order valence-corrected chi connectivity index (χ4v) is 3.40. The van der Waals surface area contributed by atoms with Crippen LogP contribution in [-0.2, 0) is 0 Å². The fraction of sp³-hybridized carbons (Fsp3) is 0.667. The predicted octanol–water partition coefficient (Wildman–Crippen LogP) is 2.40. The summed E-state index contributed by atoms with van der Waals surface area (Å²) in [5.74, 6) is 1.65. The van der Waals surface area contributed by atoms with E-state index in [0.717, 1.165) is 36.7 Å². The van der Waals surface area contributed by atoms with Gasteiger partial charge < -0.3 is 10.5 Å². The second-order valence-corrected chi connectivity index (χ2v) is 5.15. The van der Waals surface area contributed by atoms with Crippen molar-refractivity contribution >= 4 is 5.71 Å². The second kappa shape index (κ2) is 3.56. The molecule has 0 spiro atoms. The molecule has 0 atom stereocenters. The Kier molecular flexibility index (Phi) is 2.18. The maximum atomic E-state index is 9.29. The predicted molar refractivity (Wildman–Crippen MR) is 59.9 cm³/mol. The van der Waals surface area contributed by atoms with Crippen LogP contribution in [0.15, 0.2) is 12.4 Å². The number of rotatable bonds is 2. The minimum absolute atomic E-state index is 0.0847. The topological polar surface area (TPSA) is 65.1 Å². The van der Waals surface area contributed by atoms with Gasteiger partial charge in [-0.3, -0.25) is 0 Å². The van der Waals surface area contributed by atoms with Gasteiger partial charge in [-0.15, -0.1) is 0 Å². The van der Waals surface area contributed by atoms with E-state index < -0.39 is 0 Å². The first-order chi connectivity index (χ1) is 7.84. The first-order valence-electron chi connectivity index (χ1n) is 6.06. The third kappa shape index (κ3) is 1.34. The third-order valence-electron chi connectivity index (χ3n) is 4.42. The molecule has 0 aliphatic heterocycles. The lowest BCUT2D eigenvalue weighted by atomic mass is 9.58. The van der Waals surface area contributed by atoms with Crippen LogP contribution in [0.5, 0.6) is 0 Å². The third-order valence-corrected chi connectivity index (χ3v) is 4.42. The molecule has 0 unspecified atom stereocenters. The van der Waals surface area contributed by atoms with Crippen LogP contribution in [0.2, 0.25) is 0 Å². The fourth-order valence-electron chi connectivity index (χ4n) is 3.40. The first-order valence-corrected chi connectivity index (χ1v) is 6.06. The zero-order chi connectivity index (χ0) is 11.0. The van der Waals surface area contributed by atoms with Gasteiger partial charge >= 0.3 is 5.71 Å². The molecule has 0 aromatic carbocycles. The van der Waals surface area contributed by atoms with Crippen molar-refractivity contribution in [2.75, 3.05) is 0 Å². The van der Waals surface area contributed by atoms with E-state index in [-0.39, 0.29) is 5.41 Å². The monoisotopic (exact) mass is 216 g/mol. The standard InChI is InChI=1S/C12H16N4/c13-16-10(11-14-7-8-15-11)12-4-1-9(2-5-12)3-6-12/h7-9H,1-6H2,(H,14,15). The lowest BCUT2D eigenvalue weighted by Crippen LogP contribution is -2.41. The van der Waals surface area contributed by atoms with E-state index in [1.54, 1.807) is 12.4 Å². The van der Waals surface area contributed by atoms with Crippen LogP contribution in [0.1, 0.15) is 44.3 Å². The zero-order valence-electron chi connectivity index (χ0n) is 9.32. The summed E-state index contributed by atoms with van der Waals surface area (Å²) < 4.78 is 0. The van der Waals surface area contributed by atoms with Gasteiger partial charge in [0, 0.05) is 12.4 Å². The molecule has 2 bridgehead atoms. The summed E-state index contributed by atoms with van der Waals surface area (Å²) in [7, 11) is 0. The number of aromatic nitrogens is 2. The van der Waals surface area contributed by atoms with E-state index in [0.29, 0.717) is 0 Å². The van der Waals surface area contributed by atoms with Crippen LogP contribution >= 0.6 is 0 Å². The molecule has 1 aromatic heterocycles. The van der Waals surface area contributed by atoms with E-state index in [1.165, 1.54) is 19.3 Å². The van der Waals surface area contributed by atoms with Crippen LogP contribution in [0.3, 0.4) is 0 Å². The molecular weight excluding hydrogens is 200 g/mol. The quantitative estimate of drug-likeness (QED) is 0.460. The highest BCUT2D eigenvalue weighted by Crippen LogP contribution is 2.51. The summed E-state index contributed by atoms with van der Waals surface area (Å²) in [5, 5.41) is 0. The molecule has 1 N–H and O–H groups in total. The first kappa shape index (κ1) is 9.79. The highest BCUT2D eigenvalue weighted by Gasteiger charge is 2.50. The maximum Gasteiger partial charge on any atom is 0.340 e. The van der Waals surface area contributed by atoms with Crippen molar-refractivity contribution in [1.29, 1.82) is 0 Å². The molecule has 3 fully saturated rings. The van der Waals surface area contributed by atoms with Crippen molar-refractivity contribution in [1.82, 2.24) is 9.97 Å². The van der Waals surface area contributed by atoms with E-state index in [2.05, 4.69) is 14.8 Å². The summed E-state index contributed by atoms with van der Waals surface area (Å²) in [4.78, 5) is 10.8. The van der Waals surface area contributed by atoms with Crippen LogP contribution in [-0.4, -0.2) is 20.5 Å². The number of imidazole rings is 1. The van der Waals surface area contributed by atoms with Crippen LogP contribution in [0, 0.1) is 11.3 Å². The summed E-state index contributed by atoms with van der Waals surface area (Å²) >= 11 is 0. The summed E-state index contributed by atoms with van der Waals surface area (Å²) in [6.07, 6.45) is 10.8. The van der Waals surface area contributed by atoms with Gasteiger partial charge in [0.1, 0.15) is 0 Å². The van der Waals surface area contributed by atoms with Crippen LogP contribution < -0.4 is 0 Å². The minimum Gasteiger partial charge on any atom is -0.361 e. The summed E-state index contributed by atoms with van der Waals surface area (Å²) in [6.45, 7) is 0.